The normalized spacial score (nSPS) is 22.8. The summed E-state index contributed by atoms with van der Waals surface area (Å²) in [5.74, 6) is 0.974. The van der Waals surface area contributed by atoms with Gasteiger partial charge in [-0.15, -0.1) is 11.3 Å². The Morgan fingerprint density at radius 1 is 1.30 bits per heavy atom. The minimum atomic E-state index is 0.159. The van der Waals surface area contributed by atoms with Crippen LogP contribution in [0.25, 0.3) is 0 Å². The van der Waals surface area contributed by atoms with Gasteiger partial charge in [0.15, 0.2) is 0 Å². The van der Waals surface area contributed by atoms with Crippen molar-refractivity contribution in [1.82, 2.24) is 10.2 Å². The van der Waals surface area contributed by atoms with Crippen molar-refractivity contribution >= 4 is 17.2 Å². The first-order valence-electron chi connectivity index (χ1n) is 9.34. The molecule has 3 nitrogen and oxygen atoms in total. The molecule has 1 atom stereocenters. The molecule has 1 aliphatic heterocycles. The van der Waals surface area contributed by atoms with Crippen molar-refractivity contribution in [1.29, 1.82) is 0 Å². The first-order valence-corrected chi connectivity index (χ1v) is 10.2. The van der Waals surface area contributed by atoms with Gasteiger partial charge in [0.2, 0.25) is 0 Å². The van der Waals surface area contributed by atoms with E-state index in [9.17, 15) is 4.79 Å². The maximum Gasteiger partial charge on any atom is 0.261 e. The molecule has 23 heavy (non-hydrogen) atoms. The lowest BCUT2D eigenvalue weighted by atomic mass is 9.87. The number of carbonyl (C=O) groups excluding carboxylic acids is 1. The Balaban J connectivity index is 1.54. The molecule has 1 aromatic heterocycles. The second-order valence-electron chi connectivity index (χ2n) is 7.17. The molecule has 3 rings (SSSR count). The van der Waals surface area contributed by atoms with Crippen LogP contribution in [-0.4, -0.2) is 36.5 Å². The molecule has 4 heteroatoms. The van der Waals surface area contributed by atoms with E-state index in [1.165, 1.54) is 49.1 Å². The molecule has 0 spiro atoms. The number of hydrogen-bond acceptors (Lipinski definition) is 3. The van der Waals surface area contributed by atoms with Gasteiger partial charge in [0, 0.05) is 24.0 Å². The quantitative estimate of drug-likeness (QED) is 0.886. The lowest BCUT2D eigenvalue weighted by molar-refractivity contribution is 0.0915. The van der Waals surface area contributed by atoms with Crippen LogP contribution < -0.4 is 5.32 Å². The standard InChI is InChI=1S/C19H30N2OS/c1-3-9-21-10-7-16(8-11-21)20-19(22)18-13-15-12-14(4-2)5-6-17(15)23-18/h13-14,16H,3-12H2,1-2H3,(H,20,22)/t14-/m0/s1. The van der Waals surface area contributed by atoms with Gasteiger partial charge in [-0.3, -0.25) is 4.79 Å². The summed E-state index contributed by atoms with van der Waals surface area (Å²) >= 11 is 1.73. The van der Waals surface area contributed by atoms with Crippen molar-refractivity contribution in [3.05, 3.63) is 21.4 Å². The minimum Gasteiger partial charge on any atom is -0.349 e. The Morgan fingerprint density at radius 3 is 2.78 bits per heavy atom. The summed E-state index contributed by atoms with van der Waals surface area (Å²) in [6.45, 7) is 7.95. The third-order valence-electron chi connectivity index (χ3n) is 5.45. The van der Waals surface area contributed by atoms with Crippen molar-refractivity contribution in [3.63, 3.8) is 0 Å². The lowest BCUT2D eigenvalue weighted by Gasteiger charge is -2.31. The third-order valence-corrected chi connectivity index (χ3v) is 6.68. The van der Waals surface area contributed by atoms with Gasteiger partial charge < -0.3 is 10.2 Å². The van der Waals surface area contributed by atoms with Crippen molar-refractivity contribution in [3.8, 4) is 0 Å². The van der Waals surface area contributed by atoms with Gasteiger partial charge in [0.05, 0.1) is 4.88 Å². The summed E-state index contributed by atoms with van der Waals surface area (Å²) < 4.78 is 0. The van der Waals surface area contributed by atoms with Crippen molar-refractivity contribution in [2.24, 2.45) is 5.92 Å². The Bertz CT molecular complexity index is 531. The summed E-state index contributed by atoms with van der Waals surface area (Å²) in [5.41, 5.74) is 1.44. The smallest absolute Gasteiger partial charge is 0.261 e. The van der Waals surface area contributed by atoms with Gasteiger partial charge >= 0.3 is 0 Å². The molecule has 1 fully saturated rings. The Morgan fingerprint density at radius 2 is 2.09 bits per heavy atom. The van der Waals surface area contributed by atoms with E-state index in [1.54, 1.807) is 11.3 Å². The van der Waals surface area contributed by atoms with E-state index in [0.29, 0.717) is 6.04 Å². The molecule has 0 unspecified atom stereocenters. The average Bonchev–Trinajstić information content (AvgIpc) is 3.00. The van der Waals surface area contributed by atoms with Crippen LogP contribution >= 0.6 is 11.3 Å². The highest BCUT2D eigenvalue weighted by molar-refractivity contribution is 7.14. The highest BCUT2D eigenvalue weighted by Gasteiger charge is 2.24. The number of nitrogens with zero attached hydrogens (tertiary/aromatic N) is 1. The molecule has 1 saturated heterocycles. The van der Waals surface area contributed by atoms with Crippen LogP contribution in [0.15, 0.2) is 6.07 Å². The highest BCUT2D eigenvalue weighted by Crippen LogP contribution is 2.33. The zero-order valence-corrected chi connectivity index (χ0v) is 15.4. The molecule has 1 amide bonds. The number of nitrogens with one attached hydrogen (secondary N) is 1. The van der Waals surface area contributed by atoms with Crippen molar-refractivity contribution < 1.29 is 4.79 Å². The fourth-order valence-electron chi connectivity index (χ4n) is 3.93. The molecular weight excluding hydrogens is 304 g/mol. The first kappa shape index (κ1) is 17.0. The zero-order valence-electron chi connectivity index (χ0n) is 14.6. The van der Waals surface area contributed by atoms with Gasteiger partial charge in [-0.1, -0.05) is 20.3 Å². The van der Waals surface area contributed by atoms with E-state index >= 15 is 0 Å². The molecular formula is C19H30N2OS. The summed E-state index contributed by atoms with van der Waals surface area (Å²) in [5, 5.41) is 3.28. The number of rotatable bonds is 5. The monoisotopic (exact) mass is 334 g/mol. The molecule has 0 bridgehead atoms. The van der Waals surface area contributed by atoms with Gasteiger partial charge in [-0.2, -0.15) is 0 Å². The van der Waals surface area contributed by atoms with Crippen LogP contribution in [0.4, 0.5) is 0 Å². The zero-order chi connectivity index (χ0) is 16.2. The van der Waals surface area contributed by atoms with E-state index < -0.39 is 0 Å². The molecule has 0 aromatic carbocycles. The first-order chi connectivity index (χ1) is 11.2. The summed E-state index contributed by atoms with van der Waals surface area (Å²) in [7, 11) is 0. The van der Waals surface area contributed by atoms with Crippen LogP contribution in [-0.2, 0) is 12.8 Å². The fourth-order valence-corrected chi connectivity index (χ4v) is 5.04. The largest absolute Gasteiger partial charge is 0.349 e. The van der Waals surface area contributed by atoms with Gasteiger partial charge in [0.1, 0.15) is 0 Å². The number of aryl methyl sites for hydroxylation is 1. The van der Waals surface area contributed by atoms with E-state index in [1.807, 2.05) is 0 Å². The van der Waals surface area contributed by atoms with Crippen LogP contribution in [0.1, 0.15) is 66.1 Å². The number of amides is 1. The molecule has 0 saturated carbocycles. The summed E-state index contributed by atoms with van der Waals surface area (Å²) in [4.78, 5) is 17.5. The Hall–Kier alpha value is -0.870. The molecule has 2 heterocycles. The predicted octanol–water partition coefficient (Wildman–Crippen LogP) is 3.87. The highest BCUT2D eigenvalue weighted by atomic mass is 32.1. The second kappa shape index (κ2) is 7.80. The van der Waals surface area contributed by atoms with Gasteiger partial charge in [0.25, 0.3) is 5.91 Å². The summed E-state index contributed by atoms with van der Waals surface area (Å²) in [6.07, 6.45) is 8.29. The Kier molecular flexibility index (Phi) is 5.76. The van der Waals surface area contributed by atoms with Crippen LogP contribution in [0.5, 0.6) is 0 Å². The van der Waals surface area contributed by atoms with Gasteiger partial charge in [-0.25, -0.2) is 0 Å². The number of fused-ring (bicyclic) bond motifs is 1. The lowest BCUT2D eigenvalue weighted by Crippen LogP contribution is -2.44. The molecule has 1 N–H and O–H groups in total. The van der Waals surface area contributed by atoms with E-state index in [2.05, 4.69) is 30.1 Å². The number of hydrogen-bond donors (Lipinski definition) is 1. The van der Waals surface area contributed by atoms with Crippen LogP contribution in [0, 0.1) is 5.92 Å². The minimum absolute atomic E-state index is 0.159. The van der Waals surface area contributed by atoms with Gasteiger partial charge in [-0.05, 0) is 62.6 Å². The molecule has 1 aromatic rings. The molecule has 1 aliphatic carbocycles. The SMILES string of the molecule is CCCN1CCC(NC(=O)c2cc3c(s2)CC[C@H](CC)C3)CC1. The van der Waals surface area contributed by atoms with Crippen LogP contribution in [0.3, 0.4) is 0 Å². The average molecular weight is 335 g/mol. The summed E-state index contributed by atoms with van der Waals surface area (Å²) in [6, 6.07) is 2.53. The molecule has 2 aliphatic rings. The topological polar surface area (TPSA) is 32.3 Å². The molecule has 0 radical (unpaired) electrons. The van der Waals surface area contributed by atoms with E-state index in [4.69, 9.17) is 0 Å². The second-order valence-corrected chi connectivity index (χ2v) is 8.30. The van der Waals surface area contributed by atoms with Crippen molar-refractivity contribution in [2.75, 3.05) is 19.6 Å². The number of carbonyl (C=O) groups is 1. The maximum absolute atomic E-state index is 12.6. The third kappa shape index (κ3) is 4.16. The van der Waals surface area contributed by atoms with Crippen molar-refractivity contribution in [2.45, 2.75) is 64.8 Å². The Labute approximate surface area is 144 Å². The molecule has 128 valence electrons. The maximum atomic E-state index is 12.6. The van der Waals surface area contributed by atoms with Crippen LogP contribution in [0.2, 0.25) is 0 Å². The number of thiophene rings is 1. The fraction of sp³-hybridized carbons (Fsp3) is 0.737. The predicted molar refractivity (Wildman–Crippen MR) is 97.3 cm³/mol. The van der Waals surface area contributed by atoms with E-state index in [0.717, 1.165) is 36.7 Å². The number of piperidine rings is 1. The number of likely N-dealkylation sites (tertiary alicyclic amines) is 1. The van der Waals surface area contributed by atoms with E-state index in [-0.39, 0.29) is 5.91 Å².